The van der Waals surface area contributed by atoms with Crippen LogP contribution in [-0.4, -0.2) is 76.3 Å². The third-order valence-electron chi connectivity index (χ3n) is 5.71. The zero-order chi connectivity index (χ0) is 22.8. The Hall–Kier alpha value is -3.14. The molecular weight excluding hydrogens is 415 g/mol. The first kappa shape index (κ1) is 22.1. The van der Waals surface area contributed by atoms with Gasteiger partial charge in [0, 0.05) is 43.9 Å². The van der Waals surface area contributed by atoms with Crippen molar-refractivity contribution in [3.05, 3.63) is 52.9 Å². The Labute approximate surface area is 186 Å². The highest BCUT2D eigenvalue weighted by molar-refractivity contribution is 5.74. The smallest absolute Gasteiger partial charge is 0.414 e. The summed E-state index contributed by atoms with van der Waals surface area (Å²) in [5.74, 6) is -0.495. The average Bonchev–Trinajstić information content (AvgIpc) is 3.36. The molecule has 10 heteroatoms. The molecule has 9 nitrogen and oxygen atoms in total. The lowest BCUT2D eigenvalue weighted by atomic mass is 10.2. The number of allylic oxidation sites excluding steroid dienone is 4. The molecule has 1 aromatic heterocycles. The zero-order valence-electron chi connectivity index (χ0n) is 18.7. The summed E-state index contributed by atoms with van der Waals surface area (Å²) in [6, 6.07) is 0. The summed E-state index contributed by atoms with van der Waals surface area (Å²) in [4.78, 5) is 29.0. The fourth-order valence-electron chi connectivity index (χ4n) is 4.00. The molecule has 0 bridgehead atoms. The molecule has 3 aliphatic rings. The minimum absolute atomic E-state index is 0.179. The van der Waals surface area contributed by atoms with Gasteiger partial charge in [0.15, 0.2) is 0 Å². The summed E-state index contributed by atoms with van der Waals surface area (Å²) in [5, 5.41) is 7.30. The van der Waals surface area contributed by atoms with Gasteiger partial charge in [-0.3, -0.25) is 14.4 Å². The largest absolute Gasteiger partial charge is 0.442 e. The van der Waals surface area contributed by atoms with E-state index >= 15 is 0 Å². The van der Waals surface area contributed by atoms with Gasteiger partial charge in [0.1, 0.15) is 11.9 Å². The quantitative estimate of drug-likeness (QED) is 0.690. The first-order valence-corrected chi connectivity index (χ1v) is 10.7. The molecule has 1 aromatic rings. The van der Waals surface area contributed by atoms with Crippen LogP contribution in [0.2, 0.25) is 0 Å². The minimum atomic E-state index is -0.481. The lowest BCUT2D eigenvalue weighted by Crippen LogP contribution is -2.33. The highest BCUT2D eigenvalue weighted by Crippen LogP contribution is 2.32. The maximum Gasteiger partial charge on any atom is 0.414 e. The molecule has 1 atom stereocenters. The Morgan fingerprint density at radius 2 is 2.16 bits per heavy atom. The van der Waals surface area contributed by atoms with E-state index in [1.807, 2.05) is 29.9 Å². The second-order valence-corrected chi connectivity index (χ2v) is 8.54. The first-order chi connectivity index (χ1) is 15.3. The predicted molar refractivity (Wildman–Crippen MR) is 116 cm³/mol. The minimum Gasteiger partial charge on any atom is -0.442 e. The van der Waals surface area contributed by atoms with E-state index in [9.17, 15) is 14.0 Å². The van der Waals surface area contributed by atoms with Gasteiger partial charge in [0.25, 0.3) is 0 Å². The molecule has 0 saturated carbocycles. The van der Waals surface area contributed by atoms with Gasteiger partial charge in [-0.15, -0.1) is 0 Å². The van der Waals surface area contributed by atoms with Gasteiger partial charge in [0.05, 0.1) is 37.6 Å². The van der Waals surface area contributed by atoms with Crippen LogP contribution in [-0.2, 0) is 29.2 Å². The van der Waals surface area contributed by atoms with Crippen LogP contribution in [0.1, 0.15) is 24.6 Å². The van der Waals surface area contributed by atoms with Crippen LogP contribution in [0, 0.1) is 0 Å². The molecule has 0 radical (unpaired) electrons. The van der Waals surface area contributed by atoms with Crippen LogP contribution in [0.25, 0.3) is 0 Å². The van der Waals surface area contributed by atoms with E-state index in [2.05, 4.69) is 15.3 Å². The maximum absolute atomic E-state index is 14.9. The number of hydrogen-bond acceptors (Lipinski definition) is 6. The Morgan fingerprint density at radius 3 is 2.88 bits per heavy atom. The molecule has 1 aliphatic carbocycles. The van der Waals surface area contributed by atoms with Crippen molar-refractivity contribution in [2.45, 2.75) is 39.1 Å². The normalized spacial score (nSPS) is 20.6. The molecule has 32 heavy (non-hydrogen) atoms. The fourth-order valence-corrected chi connectivity index (χ4v) is 4.00. The van der Waals surface area contributed by atoms with E-state index in [1.54, 1.807) is 12.2 Å². The van der Waals surface area contributed by atoms with Gasteiger partial charge in [-0.1, -0.05) is 0 Å². The maximum atomic E-state index is 14.9. The van der Waals surface area contributed by atoms with Crippen molar-refractivity contribution >= 4 is 12.0 Å². The highest BCUT2D eigenvalue weighted by Gasteiger charge is 2.34. The molecule has 172 valence electrons. The van der Waals surface area contributed by atoms with Crippen molar-refractivity contribution in [1.29, 1.82) is 0 Å². The van der Waals surface area contributed by atoms with Crippen molar-refractivity contribution in [3.8, 4) is 0 Å². The van der Waals surface area contributed by atoms with Crippen LogP contribution in [0.5, 0.6) is 0 Å². The van der Waals surface area contributed by atoms with Crippen molar-refractivity contribution in [1.82, 2.24) is 29.8 Å². The third kappa shape index (κ3) is 4.85. The van der Waals surface area contributed by atoms with E-state index in [4.69, 9.17) is 4.74 Å². The number of carbonyl (C=O) groups is 2. The van der Waals surface area contributed by atoms with Crippen LogP contribution in [0.4, 0.5) is 9.18 Å². The summed E-state index contributed by atoms with van der Waals surface area (Å²) in [6.45, 7) is 4.86. The number of hydrogen-bond donors (Lipinski definition) is 1. The summed E-state index contributed by atoms with van der Waals surface area (Å²) in [7, 11) is 4.05. The number of rotatable bonds is 7. The number of cyclic esters (lactones) is 1. The summed E-state index contributed by atoms with van der Waals surface area (Å²) in [6.07, 6.45) is 6.39. The highest BCUT2D eigenvalue weighted by atomic mass is 19.1. The molecule has 0 aromatic carbocycles. The van der Waals surface area contributed by atoms with E-state index in [1.165, 1.54) is 17.9 Å². The van der Waals surface area contributed by atoms with Crippen molar-refractivity contribution in [3.63, 3.8) is 0 Å². The lowest BCUT2D eigenvalue weighted by Gasteiger charge is -2.20. The number of nitrogens with zero attached hydrogens (tertiary/aromatic N) is 5. The second-order valence-electron chi connectivity index (χ2n) is 8.54. The summed E-state index contributed by atoms with van der Waals surface area (Å²) < 4.78 is 22.2. The van der Waals surface area contributed by atoms with Crippen molar-refractivity contribution < 1.29 is 18.7 Å². The van der Waals surface area contributed by atoms with Crippen LogP contribution < -0.4 is 5.32 Å². The van der Waals surface area contributed by atoms with Crippen LogP contribution in [0.3, 0.4) is 0 Å². The number of ether oxygens (including phenoxy) is 1. The molecule has 2 aliphatic heterocycles. The van der Waals surface area contributed by atoms with Crippen molar-refractivity contribution in [2.75, 3.05) is 33.7 Å². The van der Waals surface area contributed by atoms with E-state index in [-0.39, 0.29) is 24.7 Å². The molecule has 1 fully saturated rings. The SMILES string of the molecule is CC(=O)NCC1CN(C2=CC=C(N3Cc4cn(CCN(C)C)nc4C3)C(F)=CC2)C(=O)O1. The topological polar surface area (TPSA) is 82.9 Å². The van der Waals surface area contributed by atoms with Gasteiger partial charge in [0.2, 0.25) is 5.91 Å². The molecule has 1 unspecified atom stereocenters. The fraction of sp³-hybridized carbons (Fsp3) is 0.500. The Kier molecular flexibility index (Phi) is 6.31. The molecule has 4 rings (SSSR count). The number of halogens is 1. The van der Waals surface area contributed by atoms with E-state index in [0.717, 1.165) is 24.3 Å². The Bertz CT molecular complexity index is 972. The number of amides is 2. The first-order valence-electron chi connectivity index (χ1n) is 10.7. The predicted octanol–water partition coefficient (Wildman–Crippen LogP) is 1.74. The van der Waals surface area contributed by atoms with E-state index < -0.39 is 12.2 Å². The van der Waals surface area contributed by atoms with Gasteiger partial charge >= 0.3 is 6.09 Å². The summed E-state index contributed by atoms with van der Waals surface area (Å²) in [5.41, 5.74) is 3.22. The monoisotopic (exact) mass is 444 g/mol. The summed E-state index contributed by atoms with van der Waals surface area (Å²) >= 11 is 0. The van der Waals surface area contributed by atoms with E-state index in [0.29, 0.717) is 31.0 Å². The van der Waals surface area contributed by atoms with Crippen LogP contribution in [0.15, 0.2) is 41.6 Å². The average molecular weight is 445 g/mol. The number of aromatic nitrogens is 2. The number of nitrogens with one attached hydrogen (secondary N) is 1. The lowest BCUT2D eigenvalue weighted by molar-refractivity contribution is -0.119. The third-order valence-corrected chi connectivity index (χ3v) is 5.71. The van der Waals surface area contributed by atoms with Crippen LogP contribution >= 0.6 is 0 Å². The molecule has 3 heterocycles. The standard InChI is InChI=1S/C22H29FN6O3/c1-15(30)24-10-18-13-29(22(31)32-18)17-4-6-19(23)21(7-5-17)27-11-16-12-28(9-8-26(2)3)25-20(16)14-27/h5-7,12,18H,4,8-11,13-14H2,1-3H3,(H,24,30). The molecular formula is C22H29FN6O3. The van der Waals surface area contributed by atoms with Gasteiger partial charge in [-0.25, -0.2) is 9.18 Å². The van der Waals surface area contributed by atoms with Gasteiger partial charge < -0.3 is 19.9 Å². The zero-order valence-corrected chi connectivity index (χ0v) is 18.7. The molecule has 1 saturated heterocycles. The molecule has 1 N–H and O–H groups in total. The molecule has 0 spiro atoms. The Morgan fingerprint density at radius 1 is 1.34 bits per heavy atom. The van der Waals surface area contributed by atoms with Gasteiger partial charge in [-0.2, -0.15) is 5.10 Å². The second kappa shape index (κ2) is 9.15. The van der Waals surface area contributed by atoms with Gasteiger partial charge in [-0.05, 0) is 32.3 Å². The molecule has 2 amide bonds. The Balaban J connectivity index is 1.42. The number of likely N-dealkylation sites (N-methyl/N-ethyl adjacent to an activating group) is 1. The number of carbonyl (C=O) groups excluding carboxylic acids is 2. The number of fused-ring (bicyclic) bond motifs is 1. The van der Waals surface area contributed by atoms with Crippen molar-refractivity contribution in [2.24, 2.45) is 0 Å².